The average Bonchev–Trinajstić information content (AvgIpc) is 2.26. The van der Waals surface area contributed by atoms with Crippen LogP contribution in [0, 0.1) is 29.1 Å². The molecule has 1 unspecified atom stereocenters. The highest BCUT2D eigenvalue weighted by molar-refractivity contribution is 5.13. The zero-order valence-electron chi connectivity index (χ0n) is 11.1. The van der Waals surface area contributed by atoms with Crippen molar-refractivity contribution in [3.05, 3.63) is 0 Å². The Morgan fingerprint density at radius 1 is 1.18 bits per heavy atom. The van der Waals surface area contributed by atoms with Gasteiger partial charge < -0.3 is 0 Å². The predicted molar refractivity (Wildman–Crippen MR) is 68.3 cm³/mol. The van der Waals surface area contributed by atoms with E-state index >= 15 is 0 Å². The van der Waals surface area contributed by atoms with Gasteiger partial charge in [-0.05, 0) is 69.6 Å². The van der Waals surface area contributed by atoms with Crippen LogP contribution < -0.4 is 5.32 Å². The predicted octanol–water partition coefficient (Wildman–Crippen LogP) is 3.24. The van der Waals surface area contributed by atoms with Crippen molar-refractivity contribution >= 4 is 0 Å². The van der Waals surface area contributed by atoms with E-state index in [1.54, 1.807) is 0 Å². The molecule has 4 bridgehead atoms. The summed E-state index contributed by atoms with van der Waals surface area (Å²) in [6.45, 7) is 4.20. The van der Waals surface area contributed by atoms with Crippen LogP contribution in [0.25, 0.3) is 0 Å². The summed E-state index contributed by atoms with van der Waals surface area (Å²) >= 11 is 0. The van der Waals surface area contributed by atoms with E-state index in [1.165, 1.54) is 38.5 Å². The quantitative estimate of drug-likeness (QED) is 0.811. The second-order valence-corrected chi connectivity index (χ2v) is 7.12. The van der Waals surface area contributed by atoms with Crippen LogP contribution in [0.1, 0.15) is 58.8 Å². The van der Waals surface area contributed by atoms with Crippen molar-refractivity contribution in [2.75, 3.05) is 0 Å². The van der Waals surface area contributed by atoms with Crippen LogP contribution in [-0.4, -0.2) is 11.1 Å². The number of hydrogen-bond donors (Lipinski definition) is 1. The third-order valence-electron chi connectivity index (χ3n) is 5.53. The van der Waals surface area contributed by atoms with Gasteiger partial charge in [0, 0.05) is 5.54 Å². The summed E-state index contributed by atoms with van der Waals surface area (Å²) in [5.74, 6) is 2.86. The fraction of sp³-hybridized carbons (Fsp3) is 0.933. The molecule has 0 saturated heterocycles. The van der Waals surface area contributed by atoms with Crippen molar-refractivity contribution in [2.24, 2.45) is 17.8 Å². The number of nitrogens with one attached hydrogen (secondary N) is 1. The molecule has 17 heavy (non-hydrogen) atoms. The Bertz CT molecular complexity index is 319. The van der Waals surface area contributed by atoms with Crippen LogP contribution in [0.5, 0.6) is 0 Å². The molecule has 0 aromatic carbocycles. The topological polar surface area (TPSA) is 35.8 Å². The van der Waals surface area contributed by atoms with Crippen molar-refractivity contribution in [2.45, 2.75) is 69.9 Å². The lowest BCUT2D eigenvalue weighted by Crippen LogP contribution is -2.63. The van der Waals surface area contributed by atoms with Gasteiger partial charge in [0.2, 0.25) is 0 Å². The molecule has 0 spiro atoms. The monoisotopic (exact) mass is 232 g/mol. The first-order valence-corrected chi connectivity index (χ1v) is 7.27. The molecule has 4 aliphatic carbocycles. The van der Waals surface area contributed by atoms with Crippen molar-refractivity contribution < 1.29 is 0 Å². The Balaban J connectivity index is 1.81. The van der Waals surface area contributed by atoms with Crippen LogP contribution in [-0.2, 0) is 0 Å². The van der Waals surface area contributed by atoms with Gasteiger partial charge >= 0.3 is 0 Å². The minimum absolute atomic E-state index is 0.314. The first-order chi connectivity index (χ1) is 8.06. The summed E-state index contributed by atoms with van der Waals surface area (Å²) in [6, 6.07) is 2.49. The Labute approximate surface area is 105 Å². The van der Waals surface area contributed by atoms with Gasteiger partial charge in [-0.15, -0.1) is 0 Å². The molecule has 2 nitrogen and oxygen atoms in total. The van der Waals surface area contributed by atoms with Crippen LogP contribution in [0.4, 0.5) is 0 Å². The lowest BCUT2D eigenvalue weighted by Gasteiger charge is -2.58. The Morgan fingerprint density at radius 3 is 2.00 bits per heavy atom. The summed E-state index contributed by atoms with van der Waals surface area (Å²) in [4.78, 5) is 0. The van der Waals surface area contributed by atoms with Gasteiger partial charge in [0.1, 0.15) is 5.54 Å². The van der Waals surface area contributed by atoms with E-state index in [-0.39, 0.29) is 5.54 Å². The van der Waals surface area contributed by atoms with Gasteiger partial charge in [0.15, 0.2) is 0 Å². The molecule has 4 aliphatic rings. The molecule has 1 atom stereocenters. The summed E-state index contributed by atoms with van der Waals surface area (Å²) in [7, 11) is 0. The molecule has 0 aliphatic heterocycles. The van der Waals surface area contributed by atoms with Crippen LogP contribution in [0.15, 0.2) is 0 Å². The van der Waals surface area contributed by atoms with E-state index in [2.05, 4.69) is 25.2 Å². The zero-order valence-corrected chi connectivity index (χ0v) is 11.1. The van der Waals surface area contributed by atoms with Gasteiger partial charge in [-0.25, -0.2) is 0 Å². The van der Waals surface area contributed by atoms with Gasteiger partial charge in [-0.2, -0.15) is 5.26 Å². The minimum atomic E-state index is -0.314. The molecule has 4 saturated carbocycles. The molecule has 0 aromatic rings. The average molecular weight is 232 g/mol. The highest BCUT2D eigenvalue weighted by Gasteiger charge is 2.52. The number of nitriles is 1. The fourth-order valence-electron chi connectivity index (χ4n) is 5.04. The highest BCUT2D eigenvalue weighted by atomic mass is 15.1. The summed E-state index contributed by atoms with van der Waals surface area (Å²) in [6.07, 6.45) is 9.30. The largest absolute Gasteiger partial charge is 0.294 e. The van der Waals surface area contributed by atoms with E-state index in [0.717, 1.165) is 24.2 Å². The van der Waals surface area contributed by atoms with E-state index < -0.39 is 0 Å². The van der Waals surface area contributed by atoms with Crippen molar-refractivity contribution in [1.29, 1.82) is 5.26 Å². The molecule has 0 aromatic heterocycles. The summed E-state index contributed by atoms with van der Waals surface area (Å²) in [5.41, 5.74) is 0.000903. The van der Waals surface area contributed by atoms with Crippen molar-refractivity contribution in [3.8, 4) is 6.07 Å². The highest BCUT2D eigenvalue weighted by Crippen LogP contribution is 2.56. The molecular weight excluding hydrogens is 208 g/mol. The van der Waals surface area contributed by atoms with Gasteiger partial charge in [0.25, 0.3) is 0 Å². The summed E-state index contributed by atoms with van der Waals surface area (Å²) in [5, 5.41) is 13.2. The van der Waals surface area contributed by atoms with Crippen molar-refractivity contribution in [3.63, 3.8) is 0 Å². The Kier molecular flexibility index (Phi) is 2.52. The van der Waals surface area contributed by atoms with Gasteiger partial charge in [0.05, 0.1) is 6.07 Å². The lowest BCUT2D eigenvalue weighted by atomic mass is 9.52. The second kappa shape index (κ2) is 3.72. The minimum Gasteiger partial charge on any atom is -0.294 e. The van der Waals surface area contributed by atoms with Crippen molar-refractivity contribution in [1.82, 2.24) is 5.32 Å². The van der Waals surface area contributed by atoms with Gasteiger partial charge in [-0.3, -0.25) is 5.32 Å². The normalized spacial score (nSPS) is 46.5. The van der Waals surface area contributed by atoms with Crippen LogP contribution >= 0.6 is 0 Å². The Hall–Kier alpha value is -0.550. The van der Waals surface area contributed by atoms with E-state index in [9.17, 15) is 5.26 Å². The molecule has 94 valence electrons. The molecule has 0 amide bonds. The standard InChI is InChI=1S/C15H24N2/c1-3-14(2,10-16)17-15-7-11-4-12(8-15)6-13(5-11)9-15/h11-13,17H,3-9H2,1-2H3. The van der Waals surface area contributed by atoms with Crippen LogP contribution in [0.3, 0.4) is 0 Å². The number of hydrogen-bond acceptors (Lipinski definition) is 2. The van der Waals surface area contributed by atoms with Crippen LogP contribution in [0.2, 0.25) is 0 Å². The number of rotatable bonds is 3. The molecule has 4 rings (SSSR count). The lowest BCUT2D eigenvalue weighted by molar-refractivity contribution is -0.0296. The first-order valence-electron chi connectivity index (χ1n) is 7.27. The second-order valence-electron chi connectivity index (χ2n) is 7.12. The molecule has 0 heterocycles. The Morgan fingerprint density at radius 2 is 1.65 bits per heavy atom. The molecular formula is C15H24N2. The molecule has 1 N–H and O–H groups in total. The van der Waals surface area contributed by atoms with E-state index in [0.29, 0.717) is 5.54 Å². The number of nitrogens with zero attached hydrogens (tertiary/aromatic N) is 1. The third-order valence-corrected chi connectivity index (χ3v) is 5.53. The molecule has 2 heteroatoms. The molecule has 4 fully saturated rings. The van der Waals surface area contributed by atoms with E-state index in [4.69, 9.17) is 0 Å². The SMILES string of the molecule is CCC(C)(C#N)NC12CC3CC(CC(C3)C1)C2. The fourth-order valence-corrected chi connectivity index (χ4v) is 5.04. The van der Waals surface area contributed by atoms with Gasteiger partial charge in [-0.1, -0.05) is 6.92 Å². The first kappa shape index (κ1) is 11.5. The van der Waals surface area contributed by atoms with E-state index in [1.807, 2.05) is 0 Å². The maximum absolute atomic E-state index is 9.37. The summed E-state index contributed by atoms with van der Waals surface area (Å²) < 4.78 is 0. The smallest absolute Gasteiger partial charge is 0.104 e. The zero-order chi connectivity index (χ0) is 12.1. The maximum Gasteiger partial charge on any atom is 0.104 e. The maximum atomic E-state index is 9.37. The molecule has 0 radical (unpaired) electrons. The third kappa shape index (κ3) is 1.89.